The van der Waals surface area contributed by atoms with Gasteiger partial charge in [-0.3, -0.25) is 4.99 Å². The molecule has 0 saturated heterocycles. The molecule has 0 bridgehead atoms. The summed E-state index contributed by atoms with van der Waals surface area (Å²) in [5.41, 5.74) is 2.64. The van der Waals surface area contributed by atoms with Crippen molar-refractivity contribution in [2.45, 2.75) is 13.8 Å². The Morgan fingerprint density at radius 2 is 1.25 bits per heavy atom. The highest BCUT2D eigenvalue weighted by Crippen LogP contribution is 2.22. The fraction of sp³-hybridized carbons (Fsp3) is 0.100. The first-order chi connectivity index (χ1) is 11.8. The second-order valence-electron chi connectivity index (χ2n) is 5.10. The number of nitrogens with zero attached hydrogens (tertiary/aromatic N) is 4. The highest BCUT2D eigenvalue weighted by atomic mass is 15.1. The van der Waals surface area contributed by atoms with Crippen LogP contribution < -0.4 is 0 Å². The van der Waals surface area contributed by atoms with E-state index in [4.69, 9.17) is 0 Å². The van der Waals surface area contributed by atoms with Gasteiger partial charge in [0.2, 0.25) is 0 Å². The standard InChI is InChI=1S/C20H18N4/c1-3-17(21-4-2)20-23-18(15-11-7-5-8-12-15)22-19(24-20)16-13-9-6-10-14-16/h3-14H,1-2H3/b17-3-,21-4?. The first kappa shape index (κ1) is 15.7. The summed E-state index contributed by atoms with van der Waals surface area (Å²) < 4.78 is 0. The number of aromatic nitrogens is 3. The van der Waals surface area contributed by atoms with Gasteiger partial charge in [0, 0.05) is 17.3 Å². The van der Waals surface area contributed by atoms with E-state index in [1.54, 1.807) is 6.21 Å². The Kier molecular flexibility index (Phi) is 4.87. The van der Waals surface area contributed by atoms with E-state index in [0.717, 1.165) is 16.8 Å². The van der Waals surface area contributed by atoms with E-state index in [1.165, 1.54) is 0 Å². The molecule has 0 atom stereocenters. The molecule has 3 rings (SSSR count). The lowest BCUT2D eigenvalue weighted by atomic mass is 10.2. The molecule has 2 aromatic carbocycles. The van der Waals surface area contributed by atoms with E-state index in [0.29, 0.717) is 17.5 Å². The van der Waals surface area contributed by atoms with Crippen molar-refractivity contribution in [3.8, 4) is 22.8 Å². The van der Waals surface area contributed by atoms with E-state index < -0.39 is 0 Å². The lowest BCUT2D eigenvalue weighted by molar-refractivity contribution is 1.03. The predicted molar refractivity (Wildman–Crippen MR) is 98.5 cm³/mol. The summed E-state index contributed by atoms with van der Waals surface area (Å²) in [5, 5.41) is 0. The van der Waals surface area contributed by atoms with Gasteiger partial charge < -0.3 is 0 Å². The largest absolute Gasteiger partial charge is 0.258 e. The molecular weight excluding hydrogens is 296 g/mol. The number of aliphatic imine (C=N–C) groups is 1. The zero-order valence-electron chi connectivity index (χ0n) is 13.7. The van der Waals surface area contributed by atoms with Crippen LogP contribution in [0.1, 0.15) is 19.7 Å². The first-order valence-electron chi connectivity index (χ1n) is 7.84. The van der Waals surface area contributed by atoms with Gasteiger partial charge in [0.15, 0.2) is 17.5 Å². The molecule has 0 aliphatic carbocycles. The summed E-state index contributed by atoms with van der Waals surface area (Å²) in [6, 6.07) is 19.8. The van der Waals surface area contributed by atoms with Crippen molar-refractivity contribution in [2.24, 2.45) is 4.99 Å². The van der Waals surface area contributed by atoms with Crippen LogP contribution in [-0.4, -0.2) is 21.2 Å². The van der Waals surface area contributed by atoms with Crippen LogP contribution in [-0.2, 0) is 0 Å². The minimum Gasteiger partial charge on any atom is -0.258 e. The molecule has 0 N–H and O–H groups in total. The topological polar surface area (TPSA) is 51.0 Å². The first-order valence-corrected chi connectivity index (χ1v) is 7.84. The van der Waals surface area contributed by atoms with E-state index in [2.05, 4.69) is 19.9 Å². The molecule has 118 valence electrons. The molecule has 0 amide bonds. The summed E-state index contributed by atoms with van der Waals surface area (Å²) >= 11 is 0. The summed E-state index contributed by atoms with van der Waals surface area (Å²) in [6.45, 7) is 3.80. The SMILES string of the molecule is CC=N/C(=C\C)c1nc(-c2ccccc2)nc(-c2ccccc2)n1. The quantitative estimate of drug-likeness (QED) is 0.658. The maximum Gasteiger partial charge on any atom is 0.182 e. The van der Waals surface area contributed by atoms with E-state index in [1.807, 2.05) is 80.6 Å². The minimum absolute atomic E-state index is 0.573. The van der Waals surface area contributed by atoms with Gasteiger partial charge in [-0.1, -0.05) is 66.7 Å². The molecule has 0 unspecified atom stereocenters. The van der Waals surface area contributed by atoms with Crippen LogP contribution in [0.25, 0.3) is 28.5 Å². The van der Waals surface area contributed by atoms with Crippen molar-refractivity contribution >= 4 is 11.9 Å². The molecule has 0 spiro atoms. The van der Waals surface area contributed by atoms with Gasteiger partial charge in [0.1, 0.15) is 5.70 Å². The normalized spacial score (nSPS) is 11.8. The lowest BCUT2D eigenvalue weighted by Crippen LogP contribution is -2.02. The molecule has 0 aliphatic rings. The molecule has 3 aromatic rings. The summed E-state index contributed by atoms with van der Waals surface area (Å²) in [4.78, 5) is 18.2. The van der Waals surface area contributed by atoms with Crippen molar-refractivity contribution < 1.29 is 0 Å². The van der Waals surface area contributed by atoms with Crippen LogP contribution in [0.3, 0.4) is 0 Å². The highest BCUT2D eigenvalue weighted by Gasteiger charge is 2.12. The van der Waals surface area contributed by atoms with Crippen molar-refractivity contribution in [2.75, 3.05) is 0 Å². The Morgan fingerprint density at radius 1 is 0.750 bits per heavy atom. The number of benzene rings is 2. The van der Waals surface area contributed by atoms with E-state index >= 15 is 0 Å². The summed E-state index contributed by atoms with van der Waals surface area (Å²) in [6.07, 6.45) is 3.64. The Labute approximate surface area is 141 Å². The smallest absolute Gasteiger partial charge is 0.182 e. The van der Waals surface area contributed by atoms with Gasteiger partial charge in [-0.05, 0) is 13.8 Å². The average Bonchev–Trinajstić information content (AvgIpc) is 2.67. The van der Waals surface area contributed by atoms with Crippen molar-refractivity contribution in [3.05, 3.63) is 72.6 Å². The monoisotopic (exact) mass is 314 g/mol. The van der Waals surface area contributed by atoms with Crippen molar-refractivity contribution in [1.29, 1.82) is 0 Å². The summed E-state index contributed by atoms with van der Waals surface area (Å²) in [5.74, 6) is 1.86. The van der Waals surface area contributed by atoms with Crippen LogP contribution in [0.2, 0.25) is 0 Å². The van der Waals surface area contributed by atoms with Gasteiger partial charge >= 0.3 is 0 Å². The molecule has 4 nitrogen and oxygen atoms in total. The van der Waals surface area contributed by atoms with E-state index in [9.17, 15) is 0 Å². The molecule has 0 fully saturated rings. The number of rotatable bonds is 4. The summed E-state index contributed by atoms with van der Waals surface area (Å²) in [7, 11) is 0. The number of hydrogen-bond acceptors (Lipinski definition) is 4. The van der Waals surface area contributed by atoms with Crippen LogP contribution >= 0.6 is 0 Å². The maximum absolute atomic E-state index is 4.65. The van der Waals surface area contributed by atoms with Crippen LogP contribution in [0.15, 0.2) is 71.7 Å². The van der Waals surface area contributed by atoms with Gasteiger partial charge in [0.05, 0.1) is 0 Å². The maximum atomic E-state index is 4.65. The minimum atomic E-state index is 0.573. The second-order valence-corrected chi connectivity index (χ2v) is 5.10. The Balaban J connectivity index is 2.20. The van der Waals surface area contributed by atoms with Crippen molar-refractivity contribution in [3.63, 3.8) is 0 Å². The lowest BCUT2D eigenvalue weighted by Gasteiger charge is -2.08. The fourth-order valence-electron chi connectivity index (χ4n) is 2.32. The third-order valence-corrected chi connectivity index (χ3v) is 3.47. The fourth-order valence-corrected chi connectivity index (χ4v) is 2.32. The molecule has 24 heavy (non-hydrogen) atoms. The zero-order valence-corrected chi connectivity index (χ0v) is 13.7. The molecule has 1 aromatic heterocycles. The Hall–Kier alpha value is -3.14. The van der Waals surface area contributed by atoms with Crippen molar-refractivity contribution in [1.82, 2.24) is 15.0 Å². The third-order valence-electron chi connectivity index (χ3n) is 3.47. The number of hydrogen-bond donors (Lipinski definition) is 0. The van der Waals surface area contributed by atoms with Crippen LogP contribution in [0, 0.1) is 0 Å². The van der Waals surface area contributed by atoms with E-state index in [-0.39, 0.29) is 0 Å². The van der Waals surface area contributed by atoms with Crippen LogP contribution in [0.5, 0.6) is 0 Å². The van der Waals surface area contributed by atoms with Gasteiger partial charge in [-0.15, -0.1) is 0 Å². The molecule has 0 aliphatic heterocycles. The molecule has 0 saturated carbocycles. The number of allylic oxidation sites excluding steroid dienone is 1. The van der Waals surface area contributed by atoms with Gasteiger partial charge in [0.25, 0.3) is 0 Å². The third kappa shape index (κ3) is 3.43. The second kappa shape index (κ2) is 7.42. The van der Waals surface area contributed by atoms with Gasteiger partial charge in [-0.25, -0.2) is 15.0 Å². The van der Waals surface area contributed by atoms with Gasteiger partial charge in [-0.2, -0.15) is 0 Å². The molecular formula is C20H18N4. The Bertz CT molecular complexity index is 811. The molecule has 4 heteroatoms. The highest BCUT2D eigenvalue weighted by molar-refractivity contribution is 5.71. The predicted octanol–water partition coefficient (Wildman–Crippen LogP) is 4.66. The zero-order chi connectivity index (χ0) is 16.8. The van der Waals surface area contributed by atoms with Crippen LogP contribution in [0.4, 0.5) is 0 Å². The Morgan fingerprint density at radius 3 is 1.67 bits per heavy atom. The molecule has 0 radical (unpaired) electrons. The molecule has 1 heterocycles. The average molecular weight is 314 g/mol.